The second kappa shape index (κ2) is 5.78. The van der Waals surface area contributed by atoms with Crippen LogP contribution >= 0.6 is 34.8 Å². The number of nitrogens with one attached hydrogen (secondary N) is 1. The van der Waals surface area contributed by atoms with Crippen molar-refractivity contribution < 1.29 is 4.79 Å². The molecule has 3 nitrogen and oxygen atoms in total. The molecule has 1 N–H and O–H groups in total. The van der Waals surface area contributed by atoms with Crippen molar-refractivity contribution in [1.29, 1.82) is 0 Å². The predicted octanol–water partition coefficient (Wildman–Crippen LogP) is 4.60. The lowest BCUT2D eigenvalue weighted by Crippen LogP contribution is -2.13. The molecule has 1 amide bonds. The summed E-state index contributed by atoms with van der Waals surface area (Å²) in [5.41, 5.74) is 1.54. The molecule has 0 saturated heterocycles. The molecular weight excluding hydrogens is 307 g/mol. The number of anilines is 1. The third kappa shape index (κ3) is 3.60. The van der Waals surface area contributed by atoms with Crippen LogP contribution in [0.3, 0.4) is 0 Å². The van der Waals surface area contributed by atoms with Crippen LogP contribution in [-0.4, -0.2) is 10.9 Å². The SMILES string of the molecule is Cc1cc(Cl)c(C(=O)Nc2cc(Cl)cc(Cl)c2)cn1. The first-order valence-corrected chi connectivity index (χ1v) is 6.48. The molecule has 0 radical (unpaired) electrons. The van der Waals surface area contributed by atoms with Gasteiger partial charge in [-0.3, -0.25) is 9.78 Å². The van der Waals surface area contributed by atoms with Crippen LogP contribution in [0, 0.1) is 6.92 Å². The van der Waals surface area contributed by atoms with Gasteiger partial charge in [0.1, 0.15) is 0 Å². The molecule has 0 atom stereocenters. The number of halogens is 3. The molecule has 0 aliphatic rings. The summed E-state index contributed by atoms with van der Waals surface area (Å²) in [6.07, 6.45) is 1.43. The first-order valence-electron chi connectivity index (χ1n) is 5.35. The van der Waals surface area contributed by atoms with E-state index in [0.717, 1.165) is 5.69 Å². The van der Waals surface area contributed by atoms with Gasteiger partial charge in [-0.25, -0.2) is 0 Å². The van der Waals surface area contributed by atoms with Crippen LogP contribution in [0.15, 0.2) is 30.5 Å². The lowest BCUT2D eigenvalue weighted by Gasteiger charge is -2.07. The first-order chi connectivity index (χ1) is 8.95. The largest absolute Gasteiger partial charge is 0.322 e. The maximum absolute atomic E-state index is 12.0. The van der Waals surface area contributed by atoms with Gasteiger partial charge in [0.25, 0.3) is 5.91 Å². The molecule has 98 valence electrons. The van der Waals surface area contributed by atoms with E-state index in [9.17, 15) is 4.79 Å². The predicted molar refractivity (Wildman–Crippen MR) is 78.4 cm³/mol. The summed E-state index contributed by atoms with van der Waals surface area (Å²) < 4.78 is 0. The highest BCUT2D eigenvalue weighted by Crippen LogP contribution is 2.24. The second-order valence-corrected chi connectivity index (χ2v) is 5.20. The number of rotatable bonds is 2. The molecule has 0 saturated carbocycles. The molecule has 1 aromatic heterocycles. The van der Waals surface area contributed by atoms with E-state index in [2.05, 4.69) is 10.3 Å². The van der Waals surface area contributed by atoms with E-state index in [4.69, 9.17) is 34.8 Å². The molecule has 2 aromatic rings. The zero-order chi connectivity index (χ0) is 14.0. The fourth-order valence-corrected chi connectivity index (χ4v) is 2.34. The van der Waals surface area contributed by atoms with E-state index in [1.165, 1.54) is 6.20 Å². The number of nitrogens with zero attached hydrogens (tertiary/aromatic N) is 1. The number of carbonyl (C=O) groups is 1. The minimum absolute atomic E-state index is 0.295. The van der Waals surface area contributed by atoms with E-state index < -0.39 is 0 Å². The van der Waals surface area contributed by atoms with Gasteiger partial charge >= 0.3 is 0 Å². The molecule has 0 unspecified atom stereocenters. The molecule has 1 aromatic carbocycles. The number of hydrogen-bond donors (Lipinski definition) is 1. The number of carbonyl (C=O) groups excluding carboxylic acids is 1. The average Bonchev–Trinajstić information content (AvgIpc) is 2.26. The standard InChI is InChI=1S/C13H9Cl3N2O/c1-7-2-12(16)11(6-17-7)13(19)18-10-4-8(14)3-9(15)5-10/h2-6H,1H3,(H,18,19). The molecule has 0 aliphatic carbocycles. The average molecular weight is 316 g/mol. The topological polar surface area (TPSA) is 42.0 Å². The van der Waals surface area contributed by atoms with Crippen molar-refractivity contribution in [3.63, 3.8) is 0 Å². The lowest BCUT2D eigenvalue weighted by atomic mass is 10.2. The van der Waals surface area contributed by atoms with Crippen molar-refractivity contribution in [3.8, 4) is 0 Å². The van der Waals surface area contributed by atoms with Crippen molar-refractivity contribution in [3.05, 3.63) is 56.8 Å². The van der Waals surface area contributed by atoms with Gasteiger partial charge in [-0.05, 0) is 31.2 Å². The second-order valence-electron chi connectivity index (χ2n) is 3.92. The molecule has 1 heterocycles. The molecule has 0 spiro atoms. The Labute approximate surface area is 125 Å². The number of aromatic nitrogens is 1. The fourth-order valence-electron chi connectivity index (χ4n) is 1.52. The Kier molecular flexibility index (Phi) is 4.30. The van der Waals surface area contributed by atoms with Gasteiger partial charge < -0.3 is 5.32 Å². The zero-order valence-electron chi connectivity index (χ0n) is 9.88. The van der Waals surface area contributed by atoms with Crippen molar-refractivity contribution >= 4 is 46.4 Å². The highest BCUT2D eigenvalue weighted by Gasteiger charge is 2.12. The lowest BCUT2D eigenvalue weighted by molar-refractivity contribution is 0.102. The molecular formula is C13H9Cl3N2O. The molecule has 0 aliphatic heterocycles. The Hall–Kier alpha value is -1.29. The van der Waals surface area contributed by atoms with Crippen LogP contribution in [0.2, 0.25) is 15.1 Å². The smallest absolute Gasteiger partial charge is 0.258 e. The van der Waals surface area contributed by atoms with Crippen LogP contribution in [0.1, 0.15) is 16.1 Å². The van der Waals surface area contributed by atoms with Gasteiger partial charge in [-0.2, -0.15) is 0 Å². The highest BCUT2D eigenvalue weighted by atomic mass is 35.5. The third-order valence-corrected chi connectivity index (χ3v) is 3.10. The number of benzene rings is 1. The van der Waals surface area contributed by atoms with Crippen LogP contribution < -0.4 is 5.32 Å². The van der Waals surface area contributed by atoms with Crippen molar-refractivity contribution in [2.45, 2.75) is 6.92 Å². The van der Waals surface area contributed by atoms with E-state index in [-0.39, 0.29) is 5.91 Å². The Balaban J connectivity index is 2.25. The van der Waals surface area contributed by atoms with E-state index in [0.29, 0.717) is 26.3 Å². The van der Waals surface area contributed by atoms with E-state index >= 15 is 0 Å². The normalized spacial score (nSPS) is 10.3. The minimum Gasteiger partial charge on any atom is -0.322 e. The number of amides is 1. The zero-order valence-corrected chi connectivity index (χ0v) is 12.1. The van der Waals surface area contributed by atoms with E-state index in [1.54, 1.807) is 31.2 Å². The summed E-state index contributed by atoms with van der Waals surface area (Å²) in [5.74, 6) is -0.365. The van der Waals surface area contributed by atoms with Crippen molar-refractivity contribution in [2.75, 3.05) is 5.32 Å². The minimum atomic E-state index is -0.365. The maximum atomic E-state index is 12.0. The van der Waals surface area contributed by atoms with Gasteiger partial charge in [0.2, 0.25) is 0 Å². The van der Waals surface area contributed by atoms with Crippen LogP contribution in [0.4, 0.5) is 5.69 Å². The van der Waals surface area contributed by atoms with Gasteiger partial charge in [0.15, 0.2) is 0 Å². The Morgan fingerprint density at radius 2 is 1.74 bits per heavy atom. The van der Waals surface area contributed by atoms with Crippen LogP contribution in [0.5, 0.6) is 0 Å². The van der Waals surface area contributed by atoms with E-state index in [1.807, 2.05) is 0 Å². The summed E-state index contributed by atoms with van der Waals surface area (Å²) in [4.78, 5) is 16.1. The summed E-state index contributed by atoms with van der Waals surface area (Å²) in [6, 6.07) is 6.41. The molecule has 19 heavy (non-hydrogen) atoms. The van der Waals surface area contributed by atoms with Crippen LogP contribution in [0.25, 0.3) is 0 Å². The summed E-state index contributed by atoms with van der Waals surface area (Å²) in [6.45, 7) is 1.80. The Morgan fingerprint density at radius 1 is 1.11 bits per heavy atom. The molecule has 0 bridgehead atoms. The summed E-state index contributed by atoms with van der Waals surface area (Å²) >= 11 is 17.7. The highest BCUT2D eigenvalue weighted by molar-refractivity contribution is 6.36. The Bertz CT molecular complexity index is 624. The number of aryl methyl sites for hydroxylation is 1. The van der Waals surface area contributed by atoms with Gasteiger partial charge in [-0.1, -0.05) is 34.8 Å². The first kappa shape index (κ1) is 14.1. The molecule has 0 fully saturated rings. The summed E-state index contributed by atoms with van der Waals surface area (Å²) in [5, 5.41) is 3.89. The molecule has 2 rings (SSSR count). The van der Waals surface area contributed by atoms with Gasteiger partial charge in [0, 0.05) is 27.6 Å². The molecule has 6 heteroatoms. The number of hydrogen-bond acceptors (Lipinski definition) is 2. The van der Waals surface area contributed by atoms with Crippen LogP contribution in [-0.2, 0) is 0 Å². The van der Waals surface area contributed by atoms with Gasteiger partial charge in [0.05, 0.1) is 10.6 Å². The van der Waals surface area contributed by atoms with Crippen molar-refractivity contribution in [1.82, 2.24) is 4.98 Å². The summed E-state index contributed by atoms with van der Waals surface area (Å²) in [7, 11) is 0. The fraction of sp³-hybridized carbons (Fsp3) is 0.0769. The maximum Gasteiger partial charge on any atom is 0.258 e. The number of pyridine rings is 1. The Morgan fingerprint density at radius 3 is 2.32 bits per heavy atom. The quantitative estimate of drug-likeness (QED) is 0.880. The van der Waals surface area contributed by atoms with Crippen molar-refractivity contribution in [2.24, 2.45) is 0 Å². The monoisotopic (exact) mass is 314 g/mol. The van der Waals surface area contributed by atoms with Gasteiger partial charge in [-0.15, -0.1) is 0 Å². The third-order valence-electron chi connectivity index (χ3n) is 2.36.